The Morgan fingerprint density at radius 1 is 1.14 bits per heavy atom. The van der Waals surface area contributed by atoms with Crippen molar-refractivity contribution >= 4 is 38.3 Å². The van der Waals surface area contributed by atoms with Crippen LogP contribution in [-0.2, 0) is 28.6 Å². The third kappa shape index (κ3) is 5.24. The van der Waals surface area contributed by atoms with E-state index in [0.717, 1.165) is 10.0 Å². The average molecular weight is 459 g/mol. The molecule has 3 aromatic rings. The molecule has 0 saturated carbocycles. The Bertz CT molecular complexity index is 987. The van der Waals surface area contributed by atoms with Crippen LogP contribution in [0.25, 0.3) is 0 Å². The van der Waals surface area contributed by atoms with Gasteiger partial charge in [0.15, 0.2) is 0 Å². The van der Waals surface area contributed by atoms with Gasteiger partial charge < -0.3 is 5.32 Å². The van der Waals surface area contributed by atoms with Crippen LogP contribution in [0.4, 0.5) is 5.69 Å². The number of hydrogen-bond donors (Lipinski definition) is 1. The highest BCUT2D eigenvalue weighted by molar-refractivity contribution is 9.10. The number of amides is 1. The molecule has 1 aromatic heterocycles. The van der Waals surface area contributed by atoms with Crippen LogP contribution in [0.15, 0.2) is 76.9 Å². The summed E-state index contributed by atoms with van der Waals surface area (Å²) in [4.78, 5) is 12.2. The zero-order valence-corrected chi connectivity index (χ0v) is 17.4. The molecule has 1 heterocycles. The number of nitrogens with one attached hydrogen (secondary N) is 1. The highest BCUT2D eigenvalue weighted by Gasteiger charge is 2.19. The number of halogens is 1. The van der Waals surface area contributed by atoms with Gasteiger partial charge in [-0.2, -0.15) is 0 Å². The third-order valence-corrected chi connectivity index (χ3v) is 5.67. The summed E-state index contributed by atoms with van der Waals surface area (Å²) in [5.41, 5.74) is 1.72. The lowest BCUT2D eigenvalue weighted by atomic mass is 10.1. The number of hydrogen-bond acceptors (Lipinski definition) is 4. The molecule has 0 fully saturated rings. The molecule has 0 radical (unpaired) electrons. The van der Waals surface area contributed by atoms with Crippen molar-refractivity contribution in [2.45, 2.75) is 18.1 Å². The number of aromatic nitrogens is 3. The van der Waals surface area contributed by atoms with Crippen molar-refractivity contribution in [3.8, 4) is 0 Å². The van der Waals surface area contributed by atoms with E-state index in [-0.39, 0.29) is 16.8 Å². The van der Waals surface area contributed by atoms with Crippen LogP contribution in [0.1, 0.15) is 11.4 Å². The van der Waals surface area contributed by atoms with Crippen LogP contribution in [0.3, 0.4) is 0 Å². The molecule has 0 bridgehead atoms. The monoisotopic (exact) mass is 458 g/mol. The van der Waals surface area contributed by atoms with Gasteiger partial charge in [0.1, 0.15) is 22.4 Å². The Labute approximate surface area is 174 Å². The summed E-state index contributed by atoms with van der Waals surface area (Å²) in [6.45, 7) is 4.17. The second-order valence-electron chi connectivity index (χ2n) is 6.01. The fraction of sp³-hybridized carbons (Fsp3) is 0.150. The molecular weight excluding hydrogens is 440 g/mol. The van der Waals surface area contributed by atoms with Crippen LogP contribution < -0.4 is 5.32 Å². The van der Waals surface area contributed by atoms with E-state index in [1.807, 2.05) is 42.5 Å². The van der Waals surface area contributed by atoms with Crippen molar-refractivity contribution in [3.63, 3.8) is 0 Å². The highest BCUT2D eigenvalue weighted by atomic mass is 79.9. The van der Waals surface area contributed by atoms with Crippen LogP contribution in [0, 0.1) is 0 Å². The molecular formula is C20H19BrN4O2S. The molecule has 0 saturated heterocycles. The molecule has 1 amide bonds. The van der Waals surface area contributed by atoms with Gasteiger partial charge in [0.25, 0.3) is 0 Å². The maximum atomic E-state index is 12.7. The number of carbonyl (C=O) groups is 1. The molecule has 8 heteroatoms. The maximum Gasteiger partial charge on any atom is 0.237 e. The summed E-state index contributed by atoms with van der Waals surface area (Å²) >= 11 is 3.42. The minimum atomic E-state index is -1.62. The molecule has 28 heavy (non-hydrogen) atoms. The Balaban J connectivity index is 1.74. The lowest BCUT2D eigenvalue weighted by molar-refractivity contribution is -0.113. The SMILES string of the molecule is C=CCn1c(Cc2ccc(Br)cc2)nnc1S(=O)CC(=O)Nc1ccccc1. The molecule has 0 aliphatic carbocycles. The topological polar surface area (TPSA) is 76.9 Å². The standard InChI is InChI=1S/C20H19BrN4O2S/c1-2-12-25-18(13-15-8-10-16(21)11-9-15)23-24-20(25)28(27)14-19(26)22-17-6-4-3-5-7-17/h2-11H,1,12-14H2,(H,22,26). The molecule has 0 spiro atoms. The van der Waals surface area contributed by atoms with Crippen molar-refractivity contribution in [1.82, 2.24) is 14.8 Å². The van der Waals surface area contributed by atoms with E-state index in [2.05, 4.69) is 38.0 Å². The van der Waals surface area contributed by atoms with Crippen LogP contribution in [0.2, 0.25) is 0 Å². The van der Waals surface area contributed by atoms with Gasteiger partial charge in [-0.25, -0.2) is 0 Å². The van der Waals surface area contributed by atoms with E-state index in [1.54, 1.807) is 22.8 Å². The Kier molecular flexibility index (Phi) is 6.89. The molecule has 144 valence electrons. The van der Waals surface area contributed by atoms with E-state index < -0.39 is 10.8 Å². The number of allylic oxidation sites excluding steroid dienone is 1. The van der Waals surface area contributed by atoms with Gasteiger partial charge in [0.2, 0.25) is 11.1 Å². The first-order valence-electron chi connectivity index (χ1n) is 8.57. The first-order valence-corrected chi connectivity index (χ1v) is 10.7. The first-order chi connectivity index (χ1) is 13.6. The van der Waals surface area contributed by atoms with Gasteiger partial charge >= 0.3 is 0 Å². The number of rotatable bonds is 8. The predicted molar refractivity (Wildman–Crippen MR) is 114 cm³/mol. The van der Waals surface area contributed by atoms with Gasteiger partial charge in [0, 0.05) is 23.1 Å². The number of benzene rings is 2. The zero-order chi connectivity index (χ0) is 19.9. The Hall–Kier alpha value is -2.58. The smallest absolute Gasteiger partial charge is 0.237 e. The molecule has 6 nitrogen and oxygen atoms in total. The molecule has 2 aromatic carbocycles. The van der Waals surface area contributed by atoms with Crippen LogP contribution in [-0.4, -0.2) is 30.6 Å². The van der Waals surface area contributed by atoms with Crippen LogP contribution >= 0.6 is 15.9 Å². The summed E-state index contributed by atoms with van der Waals surface area (Å²) in [6.07, 6.45) is 2.24. The molecule has 1 atom stereocenters. The molecule has 0 aliphatic rings. The molecule has 0 aliphatic heterocycles. The summed E-state index contributed by atoms with van der Waals surface area (Å²) in [7, 11) is -1.62. The van der Waals surface area contributed by atoms with Crippen molar-refractivity contribution in [2.24, 2.45) is 0 Å². The molecule has 1 unspecified atom stereocenters. The van der Waals surface area contributed by atoms with Gasteiger partial charge in [-0.05, 0) is 29.8 Å². The zero-order valence-electron chi connectivity index (χ0n) is 15.0. The Morgan fingerprint density at radius 3 is 2.54 bits per heavy atom. The van der Waals surface area contributed by atoms with Gasteiger partial charge in [0.05, 0.1) is 0 Å². The highest BCUT2D eigenvalue weighted by Crippen LogP contribution is 2.16. The summed E-state index contributed by atoms with van der Waals surface area (Å²) < 4.78 is 15.5. The maximum absolute atomic E-state index is 12.7. The second-order valence-corrected chi connectivity index (χ2v) is 8.27. The predicted octanol–water partition coefficient (Wildman–Crippen LogP) is 3.56. The van der Waals surface area contributed by atoms with Crippen LogP contribution in [0.5, 0.6) is 0 Å². The number of nitrogens with zero attached hydrogens (tertiary/aromatic N) is 3. The third-order valence-electron chi connectivity index (χ3n) is 3.90. The van der Waals surface area contributed by atoms with E-state index in [9.17, 15) is 9.00 Å². The lowest BCUT2D eigenvalue weighted by Crippen LogP contribution is -2.21. The summed E-state index contributed by atoms with van der Waals surface area (Å²) in [5, 5.41) is 11.3. The quantitative estimate of drug-likeness (QED) is 0.523. The number of para-hydroxylation sites is 1. The van der Waals surface area contributed by atoms with Gasteiger partial charge in [-0.1, -0.05) is 52.3 Å². The largest absolute Gasteiger partial charge is 0.325 e. The average Bonchev–Trinajstić information content (AvgIpc) is 3.07. The van der Waals surface area contributed by atoms with Crippen molar-refractivity contribution in [3.05, 3.63) is 83.1 Å². The van der Waals surface area contributed by atoms with Crippen molar-refractivity contribution < 1.29 is 9.00 Å². The molecule has 3 rings (SSSR count). The fourth-order valence-electron chi connectivity index (χ4n) is 2.62. The summed E-state index contributed by atoms with van der Waals surface area (Å²) in [6, 6.07) is 16.9. The van der Waals surface area contributed by atoms with E-state index in [1.165, 1.54) is 0 Å². The van der Waals surface area contributed by atoms with E-state index in [4.69, 9.17) is 0 Å². The Morgan fingerprint density at radius 2 is 1.86 bits per heavy atom. The fourth-order valence-corrected chi connectivity index (χ4v) is 3.88. The number of carbonyl (C=O) groups excluding carboxylic acids is 1. The second kappa shape index (κ2) is 9.57. The van der Waals surface area contributed by atoms with E-state index >= 15 is 0 Å². The number of anilines is 1. The van der Waals surface area contributed by atoms with Crippen molar-refractivity contribution in [1.29, 1.82) is 0 Å². The van der Waals surface area contributed by atoms with E-state index in [0.29, 0.717) is 24.5 Å². The normalized spacial score (nSPS) is 11.8. The minimum Gasteiger partial charge on any atom is -0.325 e. The summed E-state index contributed by atoms with van der Waals surface area (Å²) in [5.74, 6) is 0.142. The van der Waals surface area contributed by atoms with Gasteiger partial charge in [-0.15, -0.1) is 16.8 Å². The first kappa shape index (κ1) is 20.2. The lowest BCUT2D eigenvalue weighted by Gasteiger charge is -2.08. The van der Waals surface area contributed by atoms with Gasteiger partial charge in [-0.3, -0.25) is 13.6 Å². The molecule has 1 N–H and O–H groups in total. The van der Waals surface area contributed by atoms with Crippen molar-refractivity contribution in [2.75, 3.05) is 11.1 Å². The minimum absolute atomic E-state index is 0.192.